The molecule has 4 saturated carbocycles. The van der Waals surface area contributed by atoms with Crippen LogP contribution in [-0.4, -0.2) is 0 Å². The molecular formula is C16H28Ti. The van der Waals surface area contributed by atoms with Crippen molar-refractivity contribution in [3.8, 4) is 0 Å². The van der Waals surface area contributed by atoms with Gasteiger partial charge in [-0.15, -0.1) is 0 Å². The summed E-state index contributed by atoms with van der Waals surface area (Å²) in [5.41, 5.74) is 0. The van der Waals surface area contributed by atoms with Crippen molar-refractivity contribution in [2.24, 2.45) is 23.7 Å². The van der Waals surface area contributed by atoms with Crippen molar-refractivity contribution in [2.75, 3.05) is 0 Å². The molecule has 0 aliphatic heterocycles. The predicted molar refractivity (Wildman–Crippen MR) is 70.1 cm³/mol. The Bertz CT molecular complexity index is 291. The number of fused-ring (bicyclic) bond motifs is 4. The van der Waals surface area contributed by atoms with Crippen LogP contribution < -0.4 is 0 Å². The van der Waals surface area contributed by atoms with Crippen LogP contribution in [0.15, 0.2) is 0 Å². The van der Waals surface area contributed by atoms with Crippen molar-refractivity contribution in [3.63, 3.8) is 0 Å². The van der Waals surface area contributed by atoms with Gasteiger partial charge in [0.1, 0.15) is 0 Å². The first-order valence-corrected chi connectivity index (χ1v) is 13.1. The van der Waals surface area contributed by atoms with E-state index in [-0.39, 0.29) is 0 Å². The Morgan fingerprint density at radius 1 is 0.647 bits per heavy atom. The van der Waals surface area contributed by atoms with E-state index in [1.807, 2.05) is 0 Å². The molecule has 0 radical (unpaired) electrons. The van der Waals surface area contributed by atoms with Crippen molar-refractivity contribution in [3.05, 3.63) is 0 Å². The quantitative estimate of drug-likeness (QED) is 0.584. The molecule has 0 nitrogen and oxygen atoms in total. The van der Waals surface area contributed by atoms with Gasteiger partial charge in [0.15, 0.2) is 0 Å². The van der Waals surface area contributed by atoms with Gasteiger partial charge >= 0.3 is 111 Å². The molecule has 0 aromatic heterocycles. The van der Waals surface area contributed by atoms with Crippen molar-refractivity contribution in [1.82, 2.24) is 0 Å². The Labute approximate surface area is 110 Å². The first kappa shape index (κ1) is 11.5. The second-order valence-electron chi connectivity index (χ2n) is 8.38. The normalized spacial score (nSPS) is 52.6. The van der Waals surface area contributed by atoms with Crippen LogP contribution >= 0.6 is 0 Å². The molecule has 4 fully saturated rings. The molecule has 6 atom stereocenters. The van der Waals surface area contributed by atoms with Crippen LogP contribution in [0.5, 0.6) is 0 Å². The molecule has 0 N–H and O–H groups in total. The third-order valence-corrected chi connectivity index (χ3v) is 15.6. The van der Waals surface area contributed by atoms with Gasteiger partial charge in [0.25, 0.3) is 0 Å². The van der Waals surface area contributed by atoms with Crippen LogP contribution in [-0.2, 0) is 16.6 Å². The van der Waals surface area contributed by atoms with Gasteiger partial charge < -0.3 is 0 Å². The van der Waals surface area contributed by atoms with Gasteiger partial charge in [-0.3, -0.25) is 0 Å². The first-order valence-electron chi connectivity index (χ1n) is 8.14. The maximum absolute atomic E-state index is 2.83. The molecule has 0 spiro atoms. The van der Waals surface area contributed by atoms with E-state index in [4.69, 9.17) is 0 Å². The molecule has 1 heteroatoms. The molecular weight excluding hydrogens is 240 g/mol. The summed E-state index contributed by atoms with van der Waals surface area (Å²) in [6.07, 6.45) is 13.0. The van der Waals surface area contributed by atoms with Crippen molar-refractivity contribution in [1.29, 1.82) is 0 Å². The van der Waals surface area contributed by atoms with Crippen LogP contribution in [0.2, 0.25) is 18.9 Å². The van der Waals surface area contributed by atoms with E-state index in [1.165, 1.54) is 32.1 Å². The molecule has 0 aromatic rings. The van der Waals surface area contributed by atoms with Crippen LogP contribution in [0.3, 0.4) is 0 Å². The van der Waals surface area contributed by atoms with Crippen LogP contribution in [0, 0.1) is 23.7 Å². The van der Waals surface area contributed by atoms with E-state index >= 15 is 0 Å². The van der Waals surface area contributed by atoms with E-state index in [1.54, 1.807) is 51.4 Å². The summed E-state index contributed by atoms with van der Waals surface area (Å²) in [5, 5.41) is 5.66. The molecule has 0 saturated heterocycles. The second-order valence-corrected chi connectivity index (χ2v) is 16.4. The van der Waals surface area contributed by atoms with Crippen molar-refractivity contribution in [2.45, 2.75) is 70.3 Å². The van der Waals surface area contributed by atoms with E-state index in [2.05, 4.69) is 10.5 Å². The Hall–Kier alpha value is 0.714. The summed E-state index contributed by atoms with van der Waals surface area (Å²) in [5.74, 6) is 4.75. The fourth-order valence-electron chi connectivity index (χ4n) is 6.59. The molecule has 0 amide bonds. The summed E-state index contributed by atoms with van der Waals surface area (Å²) in [7, 11) is 0. The molecule has 17 heavy (non-hydrogen) atoms. The summed E-state index contributed by atoms with van der Waals surface area (Å²) >= 11 is -1.51. The summed E-state index contributed by atoms with van der Waals surface area (Å²) in [6, 6.07) is 0. The Balaban J connectivity index is 1.55. The Morgan fingerprint density at radius 2 is 1.12 bits per heavy atom. The van der Waals surface area contributed by atoms with Crippen LogP contribution in [0.4, 0.5) is 0 Å². The number of hydrogen-bond donors (Lipinski definition) is 0. The third-order valence-electron chi connectivity index (χ3n) is 7.39. The van der Waals surface area contributed by atoms with Gasteiger partial charge in [-0.1, -0.05) is 0 Å². The third kappa shape index (κ3) is 1.66. The number of rotatable bonds is 2. The molecule has 4 aliphatic rings. The van der Waals surface area contributed by atoms with Crippen molar-refractivity contribution < 1.29 is 16.6 Å². The second kappa shape index (κ2) is 3.86. The van der Waals surface area contributed by atoms with Gasteiger partial charge in [0.05, 0.1) is 0 Å². The van der Waals surface area contributed by atoms with Gasteiger partial charge in [-0.2, -0.15) is 0 Å². The maximum atomic E-state index is 2.83. The molecule has 0 aromatic carbocycles. The molecule has 4 bridgehead atoms. The van der Waals surface area contributed by atoms with E-state index in [0.29, 0.717) is 0 Å². The monoisotopic (exact) mass is 268 g/mol. The Kier molecular flexibility index (Phi) is 2.62. The predicted octanol–water partition coefficient (Wildman–Crippen LogP) is 5.45. The molecule has 6 unspecified atom stereocenters. The fraction of sp³-hybridized carbons (Fsp3) is 1.00. The average molecular weight is 268 g/mol. The topological polar surface area (TPSA) is 0 Å². The number of hydrogen-bond acceptors (Lipinski definition) is 0. The van der Waals surface area contributed by atoms with Gasteiger partial charge in [-0.25, -0.2) is 0 Å². The fourth-order valence-corrected chi connectivity index (χ4v) is 15.1. The van der Waals surface area contributed by atoms with Gasteiger partial charge in [0.2, 0.25) is 0 Å². The van der Waals surface area contributed by atoms with Gasteiger partial charge in [0, 0.05) is 0 Å². The standard InChI is InChI=1S/2C7H11.2CH3.Ti/c2*1-2-7-4-3-6(1)5-7;;;/h2*1,6-7H,2-5H2;2*1H3;. The molecule has 4 rings (SSSR count). The summed E-state index contributed by atoms with van der Waals surface area (Å²) in [6.45, 7) is 0. The minimum atomic E-state index is -1.51. The van der Waals surface area contributed by atoms with Crippen molar-refractivity contribution >= 4 is 0 Å². The molecule has 96 valence electrons. The SMILES string of the molecule is [CH3][Ti]([CH3])([CH]1CC2CCC1C2)[CH]1CC2CCC1C2. The zero-order valence-corrected chi connectivity index (χ0v) is 13.2. The van der Waals surface area contributed by atoms with Crippen LogP contribution in [0.1, 0.15) is 51.4 Å². The minimum absolute atomic E-state index is 1.17. The van der Waals surface area contributed by atoms with Gasteiger partial charge in [-0.05, 0) is 0 Å². The Morgan fingerprint density at radius 3 is 1.41 bits per heavy atom. The van der Waals surface area contributed by atoms with E-state index in [0.717, 1.165) is 0 Å². The summed E-state index contributed by atoms with van der Waals surface area (Å²) in [4.78, 5) is 0. The summed E-state index contributed by atoms with van der Waals surface area (Å²) < 4.78 is 2.55. The van der Waals surface area contributed by atoms with E-state index < -0.39 is 16.6 Å². The zero-order valence-electron chi connectivity index (χ0n) is 11.6. The zero-order chi connectivity index (χ0) is 11.6. The molecule has 0 heterocycles. The average Bonchev–Trinajstić information content (AvgIpc) is 3.07. The van der Waals surface area contributed by atoms with E-state index in [9.17, 15) is 0 Å². The molecule has 4 aliphatic carbocycles. The van der Waals surface area contributed by atoms with Crippen LogP contribution in [0.25, 0.3) is 0 Å². The first-order chi connectivity index (χ1) is 8.14.